The predicted octanol–water partition coefficient (Wildman–Crippen LogP) is 3.85. The van der Waals surface area contributed by atoms with Gasteiger partial charge in [0.05, 0.1) is 27.9 Å². The molecule has 0 saturated carbocycles. The molecule has 7 heteroatoms. The van der Waals surface area contributed by atoms with Crippen LogP contribution in [0.3, 0.4) is 0 Å². The lowest BCUT2D eigenvalue weighted by Crippen LogP contribution is -2.35. The van der Waals surface area contributed by atoms with Crippen LogP contribution in [0.1, 0.15) is 29.8 Å². The number of nitrogens with zero attached hydrogens (tertiary/aromatic N) is 1. The Morgan fingerprint density at radius 2 is 1.65 bits per heavy atom. The fourth-order valence-corrected chi connectivity index (χ4v) is 3.56. The molecule has 1 heterocycles. The molecule has 7 nitrogen and oxygen atoms in total. The van der Waals surface area contributed by atoms with Gasteiger partial charge in [-0.3, -0.25) is 9.59 Å². The summed E-state index contributed by atoms with van der Waals surface area (Å²) in [4.78, 5) is 30.7. The van der Waals surface area contributed by atoms with Gasteiger partial charge in [0.1, 0.15) is 0 Å². The third-order valence-corrected chi connectivity index (χ3v) is 4.98. The van der Waals surface area contributed by atoms with Gasteiger partial charge in [-0.2, -0.15) is 0 Å². The Balaban J connectivity index is 2.01. The van der Waals surface area contributed by atoms with Crippen molar-refractivity contribution in [2.24, 2.45) is 5.92 Å². The lowest BCUT2D eigenvalue weighted by molar-refractivity contribution is 0.0721. The van der Waals surface area contributed by atoms with Crippen LogP contribution in [0, 0.1) is 5.92 Å². The highest BCUT2D eigenvalue weighted by atomic mass is 16.5. The normalized spacial score (nSPS) is 10.9. The van der Waals surface area contributed by atoms with Crippen LogP contribution in [0.25, 0.3) is 10.9 Å². The smallest absolute Gasteiger partial charge is 0.254 e. The number of para-hydroxylation sites is 1. The average molecular weight is 424 g/mol. The van der Waals surface area contributed by atoms with Crippen molar-refractivity contribution >= 4 is 16.8 Å². The number of aromatic amines is 1. The third kappa shape index (κ3) is 4.82. The van der Waals surface area contributed by atoms with Gasteiger partial charge in [-0.1, -0.05) is 32.0 Å². The molecule has 164 valence electrons. The van der Waals surface area contributed by atoms with Gasteiger partial charge in [-0.25, -0.2) is 0 Å². The number of H-pyrrole nitrogens is 1. The van der Waals surface area contributed by atoms with Gasteiger partial charge in [0.15, 0.2) is 11.5 Å². The largest absolute Gasteiger partial charge is 0.493 e. The number of aromatic nitrogens is 1. The van der Waals surface area contributed by atoms with Crippen LogP contribution in [-0.2, 0) is 6.54 Å². The van der Waals surface area contributed by atoms with Gasteiger partial charge < -0.3 is 24.1 Å². The summed E-state index contributed by atoms with van der Waals surface area (Å²) in [6, 6.07) is 12.7. The Hall–Kier alpha value is -3.48. The number of fused-ring (bicyclic) bond motifs is 1. The van der Waals surface area contributed by atoms with Crippen LogP contribution < -0.4 is 19.8 Å². The molecule has 0 atom stereocenters. The first-order chi connectivity index (χ1) is 14.9. The van der Waals surface area contributed by atoms with E-state index in [1.165, 1.54) is 21.3 Å². The summed E-state index contributed by atoms with van der Waals surface area (Å²) in [6.45, 7) is 4.73. The minimum atomic E-state index is -0.222. The van der Waals surface area contributed by atoms with E-state index >= 15 is 0 Å². The number of methoxy groups -OCH3 is 3. The molecule has 0 bridgehead atoms. The van der Waals surface area contributed by atoms with Gasteiger partial charge >= 0.3 is 0 Å². The van der Waals surface area contributed by atoms with E-state index in [0.29, 0.717) is 34.9 Å². The SMILES string of the molecule is COc1cc(C(=O)N(Cc2cc3ccccc3[nH]c2=O)CC(C)C)cc(OC)c1OC. The fourth-order valence-electron chi connectivity index (χ4n) is 3.56. The number of pyridine rings is 1. The molecule has 0 saturated heterocycles. The summed E-state index contributed by atoms with van der Waals surface area (Å²) >= 11 is 0. The average Bonchev–Trinajstić information content (AvgIpc) is 2.77. The van der Waals surface area contributed by atoms with Crippen LogP contribution in [0.15, 0.2) is 47.3 Å². The lowest BCUT2D eigenvalue weighted by Gasteiger charge is -2.25. The summed E-state index contributed by atoms with van der Waals surface area (Å²) in [7, 11) is 4.52. The van der Waals surface area contributed by atoms with E-state index in [-0.39, 0.29) is 23.9 Å². The van der Waals surface area contributed by atoms with Crippen LogP contribution >= 0.6 is 0 Å². The van der Waals surface area contributed by atoms with Crippen LogP contribution in [-0.4, -0.2) is 43.7 Å². The topological polar surface area (TPSA) is 80.9 Å². The van der Waals surface area contributed by atoms with Crippen LogP contribution in [0.4, 0.5) is 0 Å². The summed E-state index contributed by atoms with van der Waals surface area (Å²) in [6.07, 6.45) is 0. The lowest BCUT2D eigenvalue weighted by atomic mass is 10.1. The number of benzene rings is 2. The summed E-state index contributed by atoms with van der Waals surface area (Å²) in [5.74, 6) is 1.21. The second-order valence-electron chi connectivity index (χ2n) is 7.70. The highest BCUT2D eigenvalue weighted by molar-refractivity contribution is 5.95. The van der Waals surface area contributed by atoms with Crippen LogP contribution in [0.5, 0.6) is 17.2 Å². The molecule has 3 rings (SSSR count). The Morgan fingerprint density at radius 3 is 2.23 bits per heavy atom. The second-order valence-corrected chi connectivity index (χ2v) is 7.70. The quantitative estimate of drug-likeness (QED) is 0.594. The van der Waals surface area contributed by atoms with Crippen molar-refractivity contribution in [3.8, 4) is 17.2 Å². The predicted molar refractivity (Wildman–Crippen MR) is 120 cm³/mol. The number of carbonyl (C=O) groups excluding carboxylic acids is 1. The summed E-state index contributed by atoms with van der Waals surface area (Å²) in [5.41, 5.74) is 1.49. The summed E-state index contributed by atoms with van der Waals surface area (Å²) < 4.78 is 16.1. The van der Waals surface area contributed by atoms with Crippen molar-refractivity contribution in [2.75, 3.05) is 27.9 Å². The zero-order chi connectivity index (χ0) is 22.5. The first-order valence-corrected chi connectivity index (χ1v) is 10.1. The van der Waals surface area contributed by atoms with Crippen molar-refractivity contribution < 1.29 is 19.0 Å². The molecule has 0 unspecified atom stereocenters. The maximum atomic E-state index is 13.5. The number of nitrogens with one attached hydrogen (secondary N) is 1. The number of hydrogen-bond donors (Lipinski definition) is 1. The number of rotatable bonds is 8. The van der Waals surface area contributed by atoms with Crippen molar-refractivity contribution in [3.63, 3.8) is 0 Å². The van der Waals surface area contributed by atoms with Crippen molar-refractivity contribution in [1.29, 1.82) is 0 Å². The van der Waals surface area contributed by atoms with Gasteiger partial charge in [0, 0.05) is 23.2 Å². The Labute approximate surface area is 181 Å². The third-order valence-electron chi connectivity index (χ3n) is 4.98. The van der Waals surface area contributed by atoms with Crippen LogP contribution in [0.2, 0.25) is 0 Å². The molecule has 1 aromatic heterocycles. The molecule has 31 heavy (non-hydrogen) atoms. The molecule has 0 radical (unpaired) electrons. The molecule has 0 spiro atoms. The first kappa shape index (κ1) is 22.2. The minimum Gasteiger partial charge on any atom is -0.493 e. The van der Waals surface area contributed by atoms with E-state index in [9.17, 15) is 9.59 Å². The molecular weight excluding hydrogens is 396 g/mol. The van der Waals surface area contributed by atoms with Gasteiger partial charge in [0.25, 0.3) is 11.5 Å². The van der Waals surface area contributed by atoms with E-state index in [0.717, 1.165) is 10.9 Å². The van der Waals surface area contributed by atoms with E-state index in [2.05, 4.69) is 4.98 Å². The van der Waals surface area contributed by atoms with E-state index in [4.69, 9.17) is 14.2 Å². The maximum Gasteiger partial charge on any atom is 0.254 e. The molecule has 1 N–H and O–H groups in total. The van der Waals surface area contributed by atoms with Gasteiger partial charge in [0.2, 0.25) is 5.75 Å². The summed E-state index contributed by atoms with van der Waals surface area (Å²) in [5, 5.41) is 0.918. The van der Waals surface area contributed by atoms with E-state index in [1.807, 2.05) is 44.2 Å². The zero-order valence-electron chi connectivity index (χ0n) is 18.5. The van der Waals surface area contributed by atoms with E-state index < -0.39 is 0 Å². The van der Waals surface area contributed by atoms with E-state index in [1.54, 1.807) is 17.0 Å². The number of ether oxygens (including phenoxy) is 3. The Kier molecular flexibility index (Phi) is 6.84. The Morgan fingerprint density at radius 1 is 1.00 bits per heavy atom. The van der Waals surface area contributed by atoms with Crippen molar-refractivity contribution in [1.82, 2.24) is 9.88 Å². The molecule has 0 aliphatic rings. The molecule has 0 fully saturated rings. The van der Waals surface area contributed by atoms with Gasteiger partial charge in [-0.05, 0) is 35.6 Å². The number of carbonyl (C=O) groups is 1. The minimum absolute atomic E-state index is 0.188. The van der Waals surface area contributed by atoms with Crippen molar-refractivity contribution in [3.05, 3.63) is 63.9 Å². The molecular formula is C24H28N2O5. The van der Waals surface area contributed by atoms with Gasteiger partial charge in [-0.15, -0.1) is 0 Å². The first-order valence-electron chi connectivity index (χ1n) is 10.1. The monoisotopic (exact) mass is 424 g/mol. The maximum absolute atomic E-state index is 13.5. The Bertz CT molecular complexity index is 1110. The molecule has 1 amide bonds. The molecule has 0 aliphatic carbocycles. The highest BCUT2D eigenvalue weighted by Gasteiger charge is 2.23. The molecule has 0 aliphatic heterocycles. The second kappa shape index (κ2) is 9.55. The fraction of sp³-hybridized carbons (Fsp3) is 0.333. The molecule has 2 aromatic carbocycles. The zero-order valence-corrected chi connectivity index (χ0v) is 18.5. The standard InChI is InChI=1S/C24H28N2O5/c1-15(2)13-26(14-18-10-16-8-6-7-9-19(16)25-23(18)27)24(28)17-11-20(29-3)22(31-5)21(12-17)30-4/h6-12,15H,13-14H2,1-5H3,(H,25,27). The number of hydrogen-bond acceptors (Lipinski definition) is 5. The molecule has 3 aromatic rings. The highest BCUT2D eigenvalue weighted by Crippen LogP contribution is 2.38. The number of amides is 1. The van der Waals surface area contributed by atoms with Crippen molar-refractivity contribution in [2.45, 2.75) is 20.4 Å².